The van der Waals surface area contributed by atoms with Gasteiger partial charge in [-0.25, -0.2) is 9.98 Å². The van der Waals surface area contributed by atoms with Gasteiger partial charge in [-0.15, -0.1) is 0 Å². The minimum Gasteiger partial charge on any atom is -0.256 e. The summed E-state index contributed by atoms with van der Waals surface area (Å²) in [6, 6.07) is 28.7. The largest absolute Gasteiger partial charge is 0.256 e. The molecule has 148 valence electrons. The SMILES string of the molecule is c1ccc(-c2ccc3c(c2-c2ccccn2)-c2c4c(ccc2=N3)=c2ccccc2=N4)nc1. The Morgan fingerprint density at radius 2 is 1.25 bits per heavy atom. The van der Waals surface area contributed by atoms with Crippen molar-refractivity contribution in [1.29, 1.82) is 0 Å². The number of pyridine rings is 2. The Balaban J connectivity index is 1.63. The number of hydrogen-bond donors (Lipinski definition) is 0. The van der Waals surface area contributed by atoms with Gasteiger partial charge in [-0.3, -0.25) is 9.97 Å². The Kier molecular flexibility index (Phi) is 3.52. The number of nitrogens with zero attached hydrogens (tertiary/aromatic N) is 4. The van der Waals surface area contributed by atoms with Gasteiger partial charge in [-0.05, 0) is 54.6 Å². The fraction of sp³-hybridized carbons (Fsp3) is 0. The van der Waals surface area contributed by atoms with Crippen molar-refractivity contribution in [2.24, 2.45) is 9.98 Å². The summed E-state index contributed by atoms with van der Waals surface area (Å²) in [6.45, 7) is 0. The highest BCUT2D eigenvalue weighted by atomic mass is 14.8. The molecule has 4 heteroatoms. The molecule has 0 radical (unpaired) electrons. The maximum absolute atomic E-state index is 5.03. The van der Waals surface area contributed by atoms with Gasteiger partial charge in [0.05, 0.1) is 33.5 Å². The summed E-state index contributed by atoms with van der Waals surface area (Å²) in [5, 5.41) is 4.27. The highest BCUT2D eigenvalue weighted by Crippen LogP contribution is 2.48. The van der Waals surface area contributed by atoms with E-state index < -0.39 is 0 Å². The topological polar surface area (TPSA) is 50.5 Å². The van der Waals surface area contributed by atoms with Crippen LogP contribution in [0.5, 0.6) is 0 Å². The third-order valence-electron chi connectivity index (χ3n) is 6.12. The monoisotopic (exact) mass is 408 g/mol. The van der Waals surface area contributed by atoms with Crippen LogP contribution in [0, 0.1) is 10.4 Å². The van der Waals surface area contributed by atoms with Gasteiger partial charge < -0.3 is 0 Å². The molecule has 0 bridgehead atoms. The molecule has 2 aliphatic rings. The van der Waals surface area contributed by atoms with Crippen molar-refractivity contribution in [2.75, 3.05) is 0 Å². The van der Waals surface area contributed by atoms with Crippen LogP contribution in [-0.2, 0) is 0 Å². The molecule has 0 unspecified atom stereocenters. The third-order valence-corrected chi connectivity index (χ3v) is 6.12. The van der Waals surface area contributed by atoms with E-state index in [2.05, 4.69) is 53.5 Å². The molecule has 0 amide bonds. The molecule has 0 fully saturated rings. The van der Waals surface area contributed by atoms with E-state index in [1.165, 1.54) is 5.22 Å². The first-order chi connectivity index (χ1) is 15.9. The van der Waals surface area contributed by atoms with E-state index in [4.69, 9.17) is 15.0 Å². The first kappa shape index (κ1) is 17.3. The van der Waals surface area contributed by atoms with E-state index >= 15 is 0 Å². The summed E-state index contributed by atoms with van der Waals surface area (Å²) in [5.41, 5.74) is 7.99. The molecule has 0 saturated carbocycles. The van der Waals surface area contributed by atoms with Crippen molar-refractivity contribution in [2.45, 2.75) is 0 Å². The summed E-state index contributed by atoms with van der Waals surface area (Å²) in [6.07, 6.45) is 3.66. The van der Waals surface area contributed by atoms with Gasteiger partial charge in [0.25, 0.3) is 0 Å². The van der Waals surface area contributed by atoms with E-state index in [-0.39, 0.29) is 0 Å². The molecule has 2 aromatic heterocycles. The molecular formula is C28H16N4. The van der Waals surface area contributed by atoms with E-state index in [0.717, 1.165) is 60.9 Å². The van der Waals surface area contributed by atoms with Gasteiger partial charge in [0.1, 0.15) is 0 Å². The molecule has 32 heavy (non-hydrogen) atoms. The summed E-state index contributed by atoms with van der Waals surface area (Å²) < 4.78 is 0. The van der Waals surface area contributed by atoms with Crippen LogP contribution in [0.25, 0.3) is 33.6 Å². The van der Waals surface area contributed by atoms with Gasteiger partial charge in [-0.2, -0.15) is 0 Å². The molecule has 0 saturated heterocycles. The minimum absolute atomic E-state index is 0.904. The average molecular weight is 408 g/mol. The lowest BCUT2D eigenvalue weighted by Gasteiger charge is -2.15. The number of hydrogen-bond acceptors (Lipinski definition) is 4. The number of aromatic nitrogens is 2. The van der Waals surface area contributed by atoms with Crippen LogP contribution in [0.4, 0.5) is 11.4 Å². The van der Waals surface area contributed by atoms with E-state index in [1.807, 2.05) is 48.8 Å². The second kappa shape index (κ2) is 6.53. The first-order valence-electron chi connectivity index (χ1n) is 10.6. The van der Waals surface area contributed by atoms with Gasteiger partial charge in [-0.1, -0.05) is 30.3 Å². The quantitative estimate of drug-likeness (QED) is 0.390. The molecule has 0 atom stereocenters. The minimum atomic E-state index is 0.904. The maximum atomic E-state index is 5.03. The smallest absolute Gasteiger partial charge is 0.0817 e. The highest BCUT2D eigenvalue weighted by Gasteiger charge is 2.27. The number of para-hydroxylation sites is 1. The fourth-order valence-electron chi connectivity index (χ4n) is 4.75. The lowest BCUT2D eigenvalue weighted by atomic mass is 9.90. The number of fused-ring (bicyclic) bond motifs is 6. The second-order valence-corrected chi connectivity index (χ2v) is 7.91. The van der Waals surface area contributed by atoms with Crippen LogP contribution in [0.1, 0.15) is 0 Å². The predicted octanol–water partition coefficient (Wildman–Crippen LogP) is 5.29. The molecule has 3 aromatic carbocycles. The molecule has 2 aliphatic heterocycles. The van der Waals surface area contributed by atoms with Crippen molar-refractivity contribution in [1.82, 2.24) is 9.97 Å². The zero-order valence-corrected chi connectivity index (χ0v) is 17.0. The van der Waals surface area contributed by atoms with Crippen molar-refractivity contribution in [3.05, 3.63) is 118 Å². The number of benzene rings is 3. The number of rotatable bonds is 2. The Labute approximate surface area is 183 Å². The Morgan fingerprint density at radius 1 is 0.469 bits per heavy atom. The Bertz CT molecular complexity index is 1760. The maximum Gasteiger partial charge on any atom is 0.0817 e. The lowest BCUT2D eigenvalue weighted by Crippen LogP contribution is -2.01. The summed E-state index contributed by atoms with van der Waals surface area (Å²) >= 11 is 0. The normalized spacial score (nSPS) is 12.2. The van der Waals surface area contributed by atoms with Crippen LogP contribution in [0.15, 0.2) is 107 Å². The zero-order chi connectivity index (χ0) is 21.1. The van der Waals surface area contributed by atoms with E-state index in [1.54, 1.807) is 0 Å². The molecule has 4 heterocycles. The Morgan fingerprint density at radius 3 is 2.06 bits per heavy atom. The average Bonchev–Trinajstić information content (AvgIpc) is 3.42. The lowest BCUT2D eigenvalue weighted by molar-refractivity contribution is 1.30. The van der Waals surface area contributed by atoms with Crippen molar-refractivity contribution in [3.8, 4) is 33.6 Å². The van der Waals surface area contributed by atoms with Crippen LogP contribution in [0.3, 0.4) is 0 Å². The molecule has 0 N–H and O–H groups in total. The summed E-state index contributed by atoms with van der Waals surface area (Å²) in [5.74, 6) is 0. The van der Waals surface area contributed by atoms with Crippen LogP contribution in [-0.4, -0.2) is 9.97 Å². The predicted molar refractivity (Wildman–Crippen MR) is 124 cm³/mol. The molecule has 0 spiro atoms. The van der Waals surface area contributed by atoms with Gasteiger partial charge in [0.2, 0.25) is 0 Å². The molecule has 5 aromatic rings. The summed E-state index contributed by atoms with van der Waals surface area (Å²) in [7, 11) is 0. The molecule has 4 nitrogen and oxygen atoms in total. The standard InChI is InChI=1S/C28H16N4/c1-2-9-21-17(7-1)18-11-13-24-27(28(18)32-21)26-23(31-24)14-12-19(20-8-3-5-15-29-20)25(26)22-10-4-6-16-30-22/h1-16H. The van der Waals surface area contributed by atoms with E-state index in [9.17, 15) is 0 Å². The van der Waals surface area contributed by atoms with Crippen LogP contribution >= 0.6 is 0 Å². The Hall–Kier alpha value is -4.44. The van der Waals surface area contributed by atoms with Gasteiger partial charge in [0, 0.05) is 45.1 Å². The zero-order valence-electron chi connectivity index (χ0n) is 17.0. The second-order valence-electron chi connectivity index (χ2n) is 7.91. The fourth-order valence-corrected chi connectivity index (χ4v) is 4.75. The highest BCUT2D eigenvalue weighted by molar-refractivity contribution is 6.02. The molecule has 0 aliphatic carbocycles. The molecular weight excluding hydrogens is 392 g/mol. The van der Waals surface area contributed by atoms with Crippen molar-refractivity contribution in [3.63, 3.8) is 0 Å². The van der Waals surface area contributed by atoms with Crippen LogP contribution in [0.2, 0.25) is 0 Å². The van der Waals surface area contributed by atoms with Crippen molar-refractivity contribution >= 4 is 11.4 Å². The summed E-state index contributed by atoms with van der Waals surface area (Å²) in [4.78, 5) is 19.4. The van der Waals surface area contributed by atoms with Crippen molar-refractivity contribution < 1.29 is 0 Å². The van der Waals surface area contributed by atoms with Gasteiger partial charge >= 0.3 is 0 Å². The van der Waals surface area contributed by atoms with Crippen LogP contribution < -0.4 is 10.7 Å². The van der Waals surface area contributed by atoms with E-state index in [0.29, 0.717) is 0 Å². The molecule has 7 rings (SSSR count). The van der Waals surface area contributed by atoms with Gasteiger partial charge in [0.15, 0.2) is 0 Å². The first-order valence-corrected chi connectivity index (χ1v) is 10.6. The third kappa shape index (κ3) is 2.38.